The lowest BCUT2D eigenvalue weighted by molar-refractivity contribution is 0.0948. The van der Waals surface area contributed by atoms with Gasteiger partial charge in [0.2, 0.25) is 0 Å². The fourth-order valence-electron chi connectivity index (χ4n) is 3.85. The Balaban J connectivity index is 1.14. The molecule has 0 bridgehead atoms. The van der Waals surface area contributed by atoms with E-state index in [0.29, 0.717) is 17.3 Å². The van der Waals surface area contributed by atoms with E-state index in [2.05, 4.69) is 50.4 Å². The first-order chi connectivity index (χ1) is 14.2. The van der Waals surface area contributed by atoms with E-state index in [4.69, 9.17) is 11.6 Å². The topological polar surface area (TPSA) is 51.4 Å². The van der Waals surface area contributed by atoms with Gasteiger partial charge in [0.1, 0.15) is 5.69 Å². The number of aromatic nitrogens is 1. The molecule has 3 aromatic rings. The summed E-state index contributed by atoms with van der Waals surface area (Å²) in [6.45, 7) is 6.12. The highest BCUT2D eigenvalue weighted by molar-refractivity contribution is 6.31. The number of fused-ring (bicyclic) bond motifs is 1. The van der Waals surface area contributed by atoms with E-state index < -0.39 is 0 Å². The molecular formula is C23H27ClN4O. The Kier molecular flexibility index (Phi) is 6.37. The molecule has 0 atom stereocenters. The summed E-state index contributed by atoms with van der Waals surface area (Å²) in [5.74, 6) is -0.0613. The van der Waals surface area contributed by atoms with E-state index in [9.17, 15) is 4.79 Å². The van der Waals surface area contributed by atoms with E-state index in [-0.39, 0.29) is 5.91 Å². The lowest BCUT2D eigenvalue weighted by atomic mass is 10.2. The number of nitrogens with one attached hydrogen (secondary N) is 2. The van der Waals surface area contributed by atoms with Gasteiger partial charge in [0.25, 0.3) is 5.91 Å². The van der Waals surface area contributed by atoms with Crippen molar-refractivity contribution in [2.45, 2.75) is 12.8 Å². The maximum Gasteiger partial charge on any atom is 0.267 e. The first-order valence-corrected chi connectivity index (χ1v) is 10.7. The molecule has 0 aliphatic carbocycles. The molecule has 0 saturated carbocycles. The molecule has 1 saturated heterocycles. The van der Waals surface area contributed by atoms with Gasteiger partial charge in [-0.25, -0.2) is 0 Å². The number of amides is 1. The van der Waals surface area contributed by atoms with Gasteiger partial charge in [-0.15, -0.1) is 0 Å². The van der Waals surface area contributed by atoms with Crippen molar-refractivity contribution >= 4 is 34.1 Å². The second-order valence-corrected chi connectivity index (χ2v) is 7.98. The van der Waals surface area contributed by atoms with Gasteiger partial charge in [-0.1, -0.05) is 29.8 Å². The zero-order chi connectivity index (χ0) is 20.1. The molecule has 1 amide bonds. The minimum Gasteiger partial charge on any atom is -0.369 e. The van der Waals surface area contributed by atoms with Crippen LogP contribution in [0.25, 0.3) is 10.9 Å². The number of hydrogen-bond acceptors (Lipinski definition) is 3. The molecule has 2 heterocycles. The smallest absolute Gasteiger partial charge is 0.267 e. The van der Waals surface area contributed by atoms with Crippen LogP contribution in [0.4, 0.5) is 5.69 Å². The third-order valence-electron chi connectivity index (χ3n) is 5.51. The molecule has 5 nitrogen and oxygen atoms in total. The van der Waals surface area contributed by atoms with E-state index >= 15 is 0 Å². The fraction of sp³-hybridized carbons (Fsp3) is 0.348. The quantitative estimate of drug-likeness (QED) is 0.575. The first kappa shape index (κ1) is 19.8. The number of carbonyl (C=O) groups excluding carboxylic acids is 1. The maximum absolute atomic E-state index is 12.3. The van der Waals surface area contributed by atoms with Crippen LogP contribution >= 0.6 is 11.6 Å². The Morgan fingerprint density at radius 1 is 1.00 bits per heavy atom. The maximum atomic E-state index is 12.3. The van der Waals surface area contributed by atoms with Crippen molar-refractivity contribution in [3.8, 4) is 0 Å². The number of halogens is 1. The molecule has 4 rings (SSSR count). The Hall–Kier alpha value is -2.50. The van der Waals surface area contributed by atoms with E-state index in [1.807, 2.05) is 24.3 Å². The monoisotopic (exact) mass is 410 g/mol. The predicted molar refractivity (Wildman–Crippen MR) is 120 cm³/mol. The summed E-state index contributed by atoms with van der Waals surface area (Å²) in [6.07, 6.45) is 2.07. The van der Waals surface area contributed by atoms with Gasteiger partial charge in [0.05, 0.1) is 0 Å². The molecular weight excluding hydrogens is 384 g/mol. The highest BCUT2D eigenvalue weighted by Gasteiger charge is 2.16. The summed E-state index contributed by atoms with van der Waals surface area (Å²) in [5.41, 5.74) is 2.82. The summed E-state index contributed by atoms with van der Waals surface area (Å²) in [7, 11) is 0. The van der Waals surface area contributed by atoms with Crippen molar-refractivity contribution in [2.24, 2.45) is 0 Å². The largest absolute Gasteiger partial charge is 0.369 e. The SMILES string of the molecule is O=C(NCCCCN1CCN(c2ccccc2)CC1)c1cc2cc(Cl)ccc2[nH]1. The van der Waals surface area contributed by atoms with Gasteiger partial charge in [0, 0.05) is 54.3 Å². The summed E-state index contributed by atoms with van der Waals surface area (Å²) < 4.78 is 0. The third-order valence-corrected chi connectivity index (χ3v) is 5.74. The van der Waals surface area contributed by atoms with Crippen LogP contribution in [0, 0.1) is 0 Å². The molecule has 2 aromatic carbocycles. The lowest BCUT2D eigenvalue weighted by Gasteiger charge is -2.36. The van der Waals surface area contributed by atoms with Crippen molar-refractivity contribution in [3.63, 3.8) is 0 Å². The zero-order valence-electron chi connectivity index (χ0n) is 16.5. The molecule has 1 aromatic heterocycles. The normalized spacial score (nSPS) is 15.0. The average molecular weight is 411 g/mol. The number of para-hydroxylation sites is 1. The summed E-state index contributed by atoms with van der Waals surface area (Å²) in [4.78, 5) is 20.5. The van der Waals surface area contributed by atoms with Gasteiger partial charge in [-0.05, 0) is 55.8 Å². The average Bonchev–Trinajstić information content (AvgIpc) is 3.18. The van der Waals surface area contributed by atoms with Crippen LogP contribution in [-0.4, -0.2) is 55.1 Å². The van der Waals surface area contributed by atoms with Crippen molar-refractivity contribution in [1.82, 2.24) is 15.2 Å². The van der Waals surface area contributed by atoms with Crippen LogP contribution in [0.5, 0.6) is 0 Å². The summed E-state index contributed by atoms with van der Waals surface area (Å²) in [5, 5.41) is 4.64. The number of H-pyrrole nitrogens is 1. The zero-order valence-corrected chi connectivity index (χ0v) is 17.3. The van der Waals surface area contributed by atoms with Crippen LogP contribution in [-0.2, 0) is 0 Å². The van der Waals surface area contributed by atoms with Crippen molar-refractivity contribution in [2.75, 3.05) is 44.2 Å². The standard InChI is InChI=1S/C23H27ClN4O/c24-19-8-9-21-18(16-19)17-22(26-21)23(29)25-10-4-5-11-27-12-14-28(15-13-27)20-6-2-1-3-7-20/h1-3,6-9,16-17,26H,4-5,10-15H2,(H,25,29). The van der Waals surface area contributed by atoms with Crippen LogP contribution in [0.15, 0.2) is 54.6 Å². The molecule has 0 unspecified atom stereocenters. The van der Waals surface area contributed by atoms with Gasteiger partial charge in [0.15, 0.2) is 0 Å². The van der Waals surface area contributed by atoms with Gasteiger partial charge < -0.3 is 15.2 Å². The number of hydrogen-bond donors (Lipinski definition) is 2. The molecule has 1 aliphatic rings. The highest BCUT2D eigenvalue weighted by Crippen LogP contribution is 2.20. The van der Waals surface area contributed by atoms with Crippen molar-refractivity contribution in [1.29, 1.82) is 0 Å². The van der Waals surface area contributed by atoms with E-state index in [0.717, 1.165) is 56.5 Å². The first-order valence-electron chi connectivity index (χ1n) is 10.3. The van der Waals surface area contributed by atoms with Crippen LogP contribution in [0.2, 0.25) is 5.02 Å². The second kappa shape index (κ2) is 9.33. The van der Waals surface area contributed by atoms with Gasteiger partial charge >= 0.3 is 0 Å². The molecule has 1 fully saturated rings. The number of benzene rings is 2. The van der Waals surface area contributed by atoms with Crippen molar-refractivity contribution in [3.05, 3.63) is 65.3 Å². The number of aromatic amines is 1. The van der Waals surface area contributed by atoms with Crippen molar-refractivity contribution < 1.29 is 4.79 Å². The number of anilines is 1. The van der Waals surface area contributed by atoms with E-state index in [1.54, 1.807) is 0 Å². The number of unbranched alkanes of at least 4 members (excludes halogenated alkanes) is 1. The molecule has 2 N–H and O–H groups in total. The van der Waals surface area contributed by atoms with Crippen LogP contribution in [0.3, 0.4) is 0 Å². The molecule has 6 heteroatoms. The van der Waals surface area contributed by atoms with Crippen LogP contribution < -0.4 is 10.2 Å². The number of nitrogens with zero attached hydrogens (tertiary/aromatic N) is 2. The Labute approximate surface area is 176 Å². The van der Waals surface area contributed by atoms with Gasteiger partial charge in [-0.3, -0.25) is 9.69 Å². The van der Waals surface area contributed by atoms with E-state index in [1.165, 1.54) is 5.69 Å². The Morgan fingerprint density at radius 3 is 2.59 bits per heavy atom. The highest BCUT2D eigenvalue weighted by atomic mass is 35.5. The number of piperazine rings is 1. The Bertz CT molecular complexity index is 948. The predicted octanol–water partition coefficient (Wildman–Crippen LogP) is 4.15. The molecule has 152 valence electrons. The third kappa shape index (κ3) is 5.11. The molecule has 29 heavy (non-hydrogen) atoms. The molecule has 0 spiro atoms. The molecule has 0 radical (unpaired) electrons. The molecule has 1 aliphatic heterocycles. The van der Waals surface area contributed by atoms with Gasteiger partial charge in [-0.2, -0.15) is 0 Å². The summed E-state index contributed by atoms with van der Waals surface area (Å²) >= 11 is 6.01. The summed E-state index contributed by atoms with van der Waals surface area (Å²) in [6, 6.07) is 18.0. The second-order valence-electron chi connectivity index (χ2n) is 7.54. The number of rotatable bonds is 7. The van der Waals surface area contributed by atoms with Crippen LogP contribution in [0.1, 0.15) is 23.3 Å². The minimum atomic E-state index is -0.0613. The Morgan fingerprint density at radius 2 is 1.79 bits per heavy atom. The number of carbonyl (C=O) groups is 1. The fourth-order valence-corrected chi connectivity index (χ4v) is 4.03. The lowest BCUT2D eigenvalue weighted by Crippen LogP contribution is -2.46. The minimum absolute atomic E-state index is 0.0613.